The topological polar surface area (TPSA) is 74.6 Å². The van der Waals surface area contributed by atoms with Crippen LogP contribution in [0.25, 0.3) is 0 Å². The van der Waals surface area contributed by atoms with Crippen LogP contribution in [0.1, 0.15) is 37.4 Å². The molecule has 0 aromatic heterocycles. The standard InChI is InChI=1S/C17H12O2.H2O2/c1-2-6-11-7-5-10-14-15(11)17(19)13-9-4-3-8-12(13)16(14)18;1-2/h2-5,7-10H,1,6H2;1-2H. The average Bonchev–Trinajstić information content (AvgIpc) is 2.55. The molecule has 1 aliphatic carbocycles. The van der Waals surface area contributed by atoms with E-state index in [4.69, 9.17) is 10.5 Å². The van der Waals surface area contributed by atoms with Gasteiger partial charge in [0.1, 0.15) is 0 Å². The van der Waals surface area contributed by atoms with Crippen molar-refractivity contribution >= 4 is 11.6 Å². The first-order valence-electron chi connectivity index (χ1n) is 6.35. The van der Waals surface area contributed by atoms with Gasteiger partial charge in [-0.1, -0.05) is 48.5 Å². The van der Waals surface area contributed by atoms with Crippen molar-refractivity contribution in [2.24, 2.45) is 0 Å². The van der Waals surface area contributed by atoms with E-state index in [9.17, 15) is 9.59 Å². The molecule has 0 spiro atoms. The van der Waals surface area contributed by atoms with Crippen LogP contribution in [0.4, 0.5) is 0 Å². The maximum Gasteiger partial charge on any atom is 0.194 e. The van der Waals surface area contributed by atoms with Gasteiger partial charge >= 0.3 is 0 Å². The Morgan fingerprint density at radius 1 is 0.857 bits per heavy atom. The van der Waals surface area contributed by atoms with Gasteiger partial charge in [-0.2, -0.15) is 0 Å². The molecule has 0 bridgehead atoms. The molecule has 3 rings (SSSR count). The van der Waals surface area contributed by atoms with Crippen LogP contribution in [0.15, 0.2) is 55.1 Å². The molecule has 0 aliphatic heterocycles. The maximum atomic E-state index is 12.6. The highest BCUT2D eigenvalue weighted by molar-refractivity contribution is 6.28. The third kappa shape index (κ3) is 2.42. The van der Waals surface area contributed by atoms with E-state index < -0.39 is 0 Å². The number of fused-ring (bicyclic) bond motifs is 2. The lowest BCUT2D eigenvalue weighted by molar-refractivity contribution is -0.176. The van der Waals surface area contributed by atoms with E-state index in [1.54, 1.807) is 36.4 Å². The number of carbonyl (C=O) groups is 2. The van der Waals surface area contributed by atoms with Crippen molar-refractivity contribution in [2.75, 3.05) is 0 Å². The Morgan fingerprint density at radius 3 is 2.05 bits per heavy atom. The summed E-state index contributed by atoms with van der Waals surface area (Å²) in [5, 5.41) is 12.0. The molecule has 0 fully saturated rings. The molecule has 106 valence electrons. The number of hydrogen-bond donors (Lipinski definition) is 2. The SMILES string of the molecule is C=CCc1cccc2c1C(=O)c1ccccc1C2=O.OO. The Labute approximate surface area is 121 Å². The monoisotopic (exact) mass is 282 g/mol. The minimum Gasteiger partial charge on any atom is -0.289 e. The van der Waals surface area contributed by atoms with E-state index in [0.717, 1.165) is 5.56 Å². The quantitative estimate of drug-likeness (QED) is 0.430. The molecular weight excluding hydrogens is 268 g/mol. The van der Waals surface area contributed by atoms with Crippen LogP contribution in [0.3, 0.4) is 0 Å². The lowest BCUT2D eigenvalue weighted by atomic mass is 9.81. The summed E-state index contributed by atoms with van der Waals surface area (Å²) in [5.41, 5.74) is 2.89. The number of hydrogen-bond acceptors (Lipinski definition) is 4. The zero-order valence-corrected chi connectivity index (χ0v) is 11.2. The van der Waals surface area contributed by atoms with Crippen molar-refractivity contribution in [3.05, 3.63) is 82.9 Å². The van der Waals surface area contributed by atoms with Gasteiger partial charge in [-0.25, -0.2) is 0 Å². The first-order valence-corrected chi connectivity index (χ1v) is 6.35. The predicted octanol–water partition coefficient (Wildman–Crippen LogP) is 3.21. The lowest BCUT2D eigenvalue weighted by Crippen LogP contribution is -2.22. The van der Waals surface area contributed by atoms with E-state index in [1.165, 1.54) is 0 Å². The maximum absolute atomic E-state index is 12.6. The lowest BCUT2D eigenvalue weighted by Gasteiger charge is -2.19. The fraction of sp³-hybridized carbons (Fsp3) is 0.0588. The summed E-state index contributed by atoms with van der Waals surface area (Å²) >= 11 is 0. The van der Waals surface area contributed by atoms with Crippen LogP contribution in [-0.4, -0.2) is 22.1 Å². The number of benzene rings is 2. The van der Waals surface area contributed by atoms with Crippen LogP contribution >= 0.6 is 0 Å². The minimum absolute atomic E-state index is 0.0670. The van der Waals surface area contributed by atoms with Crippen molar-refractivity contribution in [1.29, 1.82) is 0 Å². The Morgan fingerprint density at radius 2 is 1.43 bits per heavy atom. The Hall–Kier alpha value is -2.56. The highest BCUT2D eigenvalue weighted by Crippen LogP contribution is 2.29. The summed E-state index contributed by atoms with van der Waals surface area (Å²) in [6, 6.07) is 12.4. The van der Waals surface area contributed by atoms with Crippen LogP contribution in [-0.2, 0) is 6.42 Å². The van der Waals surface area contributed by atoms with Gasteiger partial charge in [-0.05, 0) is 12.0 Å². The van der Waals surface area contributed by atoms with Gasteiger partial charge in [0.05, 0.1) is 0 Å². The fourth-order valence-electron chi connectivity index (χ4n) is 2.54. The fourth-order valence-corrected chi connectivity index (χ4v) is 2.54. The molecule has 4 nitrogen and oxygen atoms in total. The smallest absolute Gasteiger partial charge is 0.194 e. The second-order valence-electron chi connectivity index (χ2n) is 4.54. The van der Waals surface area contributed by atoms with E-state index in [-0.39, 0.29) is 11.6 Å². The van der Waals surface area contributed by atoms with Gasteiger partial charge in [0.15, 0.2) is 11.6 Å². The molecule has 1 aliphatic rings. The third-order valence-corrected chi connectivity index (χ3v) is 3.40. The molecule has 0 saturated heterocycles. The van der Waals surface area contributed by atoms with Crippen molar-refractivity contribution in [3.8, 4) is 0 Å². The molecule has 0 amide bonds. The molecule has 4 heteroatoms. The van der Waals surface area contributed by atoms with E-state index >= 15 is 0 Å². The highest BCUT2D eigenvalue weighted by atomic mass is 17.0. The summed E-state index contributed by atoms with van der Waals surface area (Å²) in [5.74, 6) is -0.140. The first-order chi connectivity index (χ1) is 10.2. The number of allylic oxidation sites excluding steroid dienone is 1. The molecule has 0 unspecified atom stereocenters. The molecule has 0 atom stereocenters. The van der Waals surface area contributed by atoms with E-state index in [2.05, 4.69) is 6.58 Å². The molecule has 2 N–H and O–H groups in total. The zero-order valence-electron chi connectivity index (χ0n) is 11.2. The van der Waals surface area contributed by atoms with Gasteiger partial charge in [-0.3, -0.25) is 20.1 Å². The number of carbonyl (C=O) groups excluding carboxylic acids is 2. The number of rotatable bonds is 2. The van der Waals surface area contributed by atoms with Crippen LogP contribution in [0.5, 0.6) is 0 Å². The van der Waals surface area contributed by atoms with E-state index in [1.807, 2.05) is 12.1 Å². The molecule has 0 heterocycles. The Balaban J connectivity index is 0.000000774. The zero-order chi connectivity index (χ0) is 15.4. The number of ketones is 2. The summed E-state index contributed by atoms with van der Waals surface area (Å²) in [6.45, 7) is 3.70. The van der Waals surface area contributed by atoms with Crippen LogP contribution in [0.2, 0.25) is 0 Å². The third-order valence-electron chi connectivity index (χ3n) is 3.40. The second kappa shape index (κ2) is 6.26. The van der Waals surface area contributed by atoms with Gasteiger partial charge in [0.25, 0.3) is 0 Å². The Bertz CT molecular complexity index is 716. The van der Waals surface area contributed by atoms with Crippen LogP contribution in [0, 0.1) is 0 Å². The Kier molecular flexibility index (Phi) is 4.42. The second-order valence-corrected chi connectivity index (χ2v) is 4.54. The van der Waals surface area contributed by atoms with Gasteiger partial charge in [0, 0.05) is 22.3 Å². The summed E-state index contributed by atoms with van der Waals surface area (Å²) in [4.78, 5) is 25.0. The van der Waals surface area contributed by atoms with Crippen molar-refractivity contribution < 1.29 is 20.1 Å². The van der Waals surface area contributed by atoms with Crippen LogP contribution < -0.4 is 0 Å². The summed E-state index contributed by atoms with van der Waals surface area (Å²) in [7, 11) is 0. The van der Waals surface area contributed by atoms with Crippen molar-refractivity contribution in [1.82, 2.24) is 0 Å². The molecule has 0 saturated carbocycles. The van der Waals surface area contributed by atoms with Crippen molar-refractivity contribution in [3.63, 3.8) is 0 Å². The molecule has 0 radical (unpaired) electrons. The predicted molar refractivity (Wildman–Crippen MR) is 78.9 cm³/mol. The molecule has 21 heavy (non-hydrogen) atoms. The summed E-state index contributed by atoms with van der Waals surface area (Å²) in [6.07, 6.45) is 2.33. The van der Waals surface area contributed by atoms with Gasteiger partial charge < -0.3 is 0 Å². The van der Waals surface area contributed by atoms with Gasteiger partial charge in [-0.15, -0.1) is 6.58 Å². The minimum atomic E-state index is -0.0730. The molecular formula is C17H14O4. The van der Waals surface area contributed by atoms with Crippen molar-refractivity contribution in [2.45, 2.75) is 6.42 Å². The summed E-state index contributed by atoms with van der Waals surface area (Å²) < 4.78 is 0. The normalized spacial score (nSPS) is 11.9. The average molecular weight is 282 g/mol. The molecule has 2 aromatic rings. The largest absolute Gasteiger partial charge is 0.289 e. The van der Waals surface area contributed by atoms with Gasteiger partial charge in [0.2, 0.25) is 0 Å². The highest BCUT2D eigenvalue weighted by Gasteiger charge is 2.30. The first kappa shape index (κ1) is 14.8. The molecule has 2 aromatic carbocycles. The van der Waals surface area contributed by atoms with E-state index in [0.29, 0.717) is 28.7 Å².